The molecule has 2 aromatic rings. The van der Waals surface area contributed by atoms with Gasteiger partial charge in [-0.3, -0.25) is 0 Å². The second-order valence-electron chi connectivity index (χ2n) is 3.65. The van der Waals surface area contributed by atoms with Crippen molar-refractivity contribution in [2.75, 3.05) is 13.6 Å². The maximum absolute atomic E-state index is 13.1. The standard InChI is InChI=1S/C11H13F2N3/c1-14-3-2-4-16-7-15-10-5-8(12)9(13)6-11(10)16/h5-7,14H,2-4H2,1H3. The minimum atomic E-state index is -0.854. The number of hydrogen-bond acceptors (Lipinski definition) is 2. The molecule has 0 aliphatic heterocycles. The molecule has 0 amide bonds. The zero-order valence-electron chi connectivity index (χ0n) is 9.00. The lowest BCUT2D eigenvalue weighted by Gasteiger charge is -2.03. The summed E-state index contributed by atoms with van der Waals surface area (Å²) in [6, 6.07) is 2.32. The molecule has 0 fully saturated rings. The fourth-order valence-corrected chi connectivity index (χ4v) is 1.66. The number of aromatic nitrogens is 2. The number of imidazole rings is 1. The van der Waals surface area contributed by atoms with Gasteiger partial charge in [-0.15, -0.1) is 0 Å². The first-order chi connectivity index (χ1) is 7.72. The number of nitrogens with zero attached hydrogens (tertiary/aromatic N) is 2. The minimum Gasteiger partial charge on any atom is -0.330 e. The van der Waals surface area contributed by atoms with E-state index in [0.717, 1.165) is 25.6 Å². The largest absolute Gasteiger partial charge is 0.330 e. The van der Waals surface area contributed by atoms with Crippen molar-refractivity contribution in [3.05, 3.63) is 30.1 Å². The molecule has 0 aliphatic rings. The number of benzene rings is 1. The predicted octanol–water partition coefficient (Wildman–Crippen LogP) is 1.92. The van der Waals surface area contributed by atoms with Gasteiger partial charge in [-0.25, -0.2) is 13.8 Å². The number of rotatable bonds is 4. The second kappa shape index (κ2) is 4.57. The Bertz CT molecular complexity index is 493. The summed E-state index contributed by atoms with van der Waals surface area (Å²) in [6.45, 7) is 1.62. The summed E-state index contributed by atoms with van der Waals surface area (Å²) in [6.07, 6.45) is 2.53. The van der Waals surface area contributed by atoms with Gasteiger partial charge in [0.05, 0.1) is 17.4 Å². The molecule has 1 aromatic carbocycles. The maximum atomic E-state index is 13.1. The molecule has 0 radical (unpaired) electrons. The fourth-order valence-electron chi connectivity index (χ4n) is 1.66. The van der Waals surface area contributed by atoms with Crippen LogP contribution in [0.25, 0.3) is 11.0 Å². The van der Waals surface area contributed by atoms with E-state index in [9.17, 15) is 8.78 Å². The smallest absolute Gasteiger partial charge is 0.161 e. The highest BCUT2D eigenvalue weighted by Crippen LogP contribution is 2.17. The Hall–Kier alpha value is -1.49. The molecule has 0 bridgehead atoms. The van der Waals surface area contributed by atoms with E-state index in [-0.39, 0.29) is 0 Å². The van der Waals surface area contributed by atoms with Crippen LogP contribution in [0.15, 0.2) is 18.5 Å². The van der Waals surface area contributed by atoms with E-state index < -0.39 is 11.6 Å². The summed E-state index contributed by atoms with van der Waals surface area (Å²) >= 11 is 0. The highest BCUT2D eigenvalue weighted by Gasteiger charge is 2.08. The van der Waals surface area contributed by atoms with Crippen molar-refractivity contribution in [2.45, 2.75) is 13.0 Å². The van der Waals surface area contributed by atoms with Crippen molar-refractivity contribution in [1.82, 2.24) is 14.9 Å². The monoisotopic (exact) mass is 225 g/mol. The van der Waals surface area contributed by atoms with Gasteiger partial charge in [0.15, 0.2) is 11.6 Å². The van der Waals surface area contributed by atoms with E-state index in [2.05, 4.69) is 10.3 Å². The van der Waals surface area contributed by atoms with Crippen molar-refractivity contribution in [1.29, 1.82) is 0 Å². The average Bonchev–Trinajstić information content (AvgIpc) is 2.63. The highest BCUT2D eigenvalue weighted by molar-refractivity contribution is 5.75. The van der Waals surface area contributed by atoms with Gasteiger partial charge < -0.3 is 9.88 Å². The lowest BCUT2D eigenvalue weighted by molar-refractivity contribution is 0.510. The molecule has 1 heterocycles. The minimum absolute atomic E-state index is 0.489. The third kappa shape index (κ3) is 2.04. The normalized spacial score (nSPS) is 11.2. The van der Waals surface area contributed by atoms with E-state index >= 15 is 0 Å². The number of nitrogens with one attached hydrogen (secondary N) is 1. The topological polar surface area (TPSA) is 29.9 Å². The van der Waals surface area contributed by atoms with Gasteiger partial charge in [0.25, 0.3) is 0 Å². The van der Waals surface area contributed by atoms with Crippen LogP contribution in [0.2, 0.25) is 0 Å². The van der Waals surface area contributed by atoms with Crippen molar-refractivity contribution in [2.24, 2.45) is 0 Å². The molecule has 0 spiro atoms. The van der Waals surface area contributed by atoms with Crippen molar-refractivity contribution in [3.8, 4) is 0 Å². The molecule has 0 unspecified atom stereocenters. The fraction of sp³-hybridized carbons (Fsp3) is 0.364. The lowest BCUT2D eigenvalue weighted by atomic mass is 10.3. The van der Waals surface area contributed by atoms with Gasteiger partial charge in [0.2, 0.25) is 0 Å². The average molecular weight is 225 g/mol. The van der Waals surface area contributed by atoms with Crippen LogP contribution in [0, 0.1) is 11.6 Å². The highest BCUT2D eigenvalue weighted by atomic mass is 19.2. The summed E-state index contributed by atoms with van der Waals surface area (Å²) in [4.78, 5) is 4.04. The Kier molecular flexibility index (Phi) is 3.14. The Morgan fingerprint density at radius 3 is 2.81 bits per heavy atom. The molecular formula is C11H13F2N3. The molecule has 0 saturated carbocycles. The van der Waals surface area contributed by atoms with Crippen LogP contribution in [0.1, 0.15) is 6.42 Å². The molecule has 0 atom stereocenters. The zero-order chi connectivity index (χ0) is 11.5. The van der Waals surface area contributed by atoms with Gasteiger partial charge >= 0.3 is 0 Å². The summed E-state index contributed by atoms with van der Waals surface area (Å²) in [5.41, 5.74) is 1.12. The zero-order valence-corrected chi connectivity index (χ0v) is 9.00. The van der Waals surface area contributed by atoms with Crippen LogP contribution in [0.4, 0.5) is 8.78 Å². The number of fused-ring (bicyclic) bond motifs is 1. The van der Waals surface area contributed by atoms with E-state index in [1.807, 2.05) is 11.6 Å². The molecule has 2 rings (SSSR count). The second-order valence-corrected chi connectivity index (χ2v) is 3.65. The number of hydrogen-bond donors (Lipinski definition) is 1. The molecule has 1 N–H and O–H groups in total. The first-order valence-electron chi connectivity index (χ1n) is 5.17. The van der Waals surface area contributed by atoms with E-state index in [0.29, 0.717) is 11.0 Å². The summed E-state index contributed by atoms with van der Waals surface area (Å²) < 4.78 is 27.8. The molecule has 1 aromatic heterocycles. The van der Waals surface area contributed by atoms with Crippen LogP contribution in [-0.2, 0) is 6.54 Å². The van der Waals surface area contributed by atoms with Gasteiger partial charge in [0, 0.05) is 18.7 Å². The molecule has 16 heavy (non-hydrogen) atoms. The molecular weight excluding hydrogens is 212 g/mol. The molecule has 0 saturated heterocycles. The van der Waals surface area contributed by atoms with Gasteiger partial charge in [-0.05, 0) is 20.0 Å². The molecule has 3 nitrogen and oxygen atoms in total. The Labute approximate surface area is 92.1 Å². The quantitative estimate of drug-likeness (QED) is 0.806. The van der Waals surface area contributed by atoms with Gasteiger partial charge in [0.1, 0.15) is 0 Å². The lowest BCUT2D eigenvalue weighted by Crippen LogP contribution is -2.10. The van der Waals surface area contributed by atoms with Crippen molar-refractivity contribution in [3.63, 3.8) is 0 Å². The van der Waals surface area contributed by atoms with Crippen LogP contribution in [0.5, 0.6) is 0 Å². The Morgan fingerprint density at radius 2 is 2.06 bits per heavy atom. The third-order valence-electron chi connectivity index (χ3n) is 2.49. The van der Waals surface area contributed by atoms with Gasteiger partial charge in [-0.1, -0.05) is 0 Å². The van der Waals surface area contributed by atoms with Crippen molar-refractivity contribution < 1.29 is 8.78 Å². The maximum Gasteiger partial charge on any atom is 0.161 e. The summed E-state index contributed by atoms with van der Waals surface area (Å²) in [7, 11) is 1.88. The number of aryl methyl sites for hydroxylation is 1. The summed E-state index contributed by atoms with van der Waals surface area (Å²) in [5.74, 6) is -1.68. The van der Waals surface area contributed by atoms with E-state index in [4.69, 9.17) is 0 Å². The first kappa shape index (κ1) is 11.0. The van der Waals surface area contributed by atoms with Gasteiger partial charge in [-0.2, -0.15) is 0 Å². The van der Waals surface area contributed by atoms with Crippen LogP contribution in [-0.4, -0.2) is 23.1 Å². The molecule has 0 aliphatic carbocycles. The Morgan fingerprint density at radius 1 is 1.31 bits per heavy atom. The molecule has 86 valence electrons. The van der Waals surface area contributed by atoms with Crippen LogP contribution >= 0.6 is 0 Å². The van der Waals surface area contributed by atoms with Crippen LogP contribution in [0.3, 0.4) is 0 Å². The number of halogens is 2. The predicted molar refractivity (Wildman–Crippen MR) is 58.2 cm³/mol. The third-order valence-corrected chi connectivity index (χ3v) is 2.49. The molecule has 5 heteroatoms. The van der Waals surface area contributed by atoms with E-state index in [1.165, 1.54) is 6.07 Å². The van der Waals surface area contributed by atoms with Crippen molar-refractivity contribution >= 4 is 11.0 Å². The SMILES string of the molecule is CNCCCn1cnc2cc(F)c(F)cc21. The van der Waals surface area contributed by atoms with E-state index in [1.54, 1.807) is 6.33 Å². The Balaban J connectivity index is 2.29. The first-order valence-corrected chi connectivity index (χ1v) is 5.17. The summed E-state index contributed by atoms with van der Waals surface area (Å²) in [5, 5.41) is 3.03. The van der Waals surface area contributed by atoms with Crippen LogP contribution < -0.4 is 5.32 Å².